The first-order chi connectivity index (χ1) is 15.4. The van der Waals surface area contributed by atoms with Gasteiger partial charge in [-0.25, -0.2) is 0 Å². The van der Waals surface area contributed by atoms with Gasteiger partial charge in [-0.3, -0.25) is 9.59 Å². The lowest BCUT2D eigenvalue weighted by Crippen LogP contribution is -2.31. The fourth-order valence-corrected chi connectivity index (χ4v) is 5.17. The summed E-state index contributed by atoms with van der Waals surface area (Å²) in [7, 11) is 1.62. The van der Waals surface area contributed by atoms with Crippen LogP contribution in [0, 0.1) is 22.2 Å². The minimum absolute atomic E-state index is 0.00361. The highest BCUT2D eigenvalue weighted by molar-refractivity contribution is 6.12. The fraction of sp³-hybridized carbons (Fsp3) is 0.400. The maximum absolute atomic E-state index is 13.9. The molecule has 0 heterocycles. The molecule has 2 atom stereocenters. The zero-order valence-electron chi connectivity index (χ0n) is 20.7. The number of Topliss-reactive ketones (excluding diaryl/α,β-unsaturated/α-hetero) is 2. The number of benzene rings is 2. The molecule has 1 spiro atoms. The predicted octanol–water partition coefficient (Wildman–Crippen LogP) is 6.81. The maximum Gasteiger partial charge on any atom is 0.185 e. The van der Waals surface area contributed by atoms with Crippen molar-refractivity contribution in [2.24, 2.45) is 22.2 Å². The van der Waals surface area contributed by atoms with Gasteiger partial charge in [-0.05, 0) is 40.7 Å². The van der Waals surface area contributed by atoms with Gasteiger partial charge in [0.05, 0.1) is 7.11 Å². The molecule has 3 nitrogen and oxygen atoms in total. The lowest BCUT2D eigenvalue weighted by molar-refractivity contribution is -0.114. The molecular weight excluding hydrogens is 408 g/mol. The molecule has 33 heavy (non-hydrogen) atoms. The molecular formula is C30H34O3. The molecule has 1 fully saturated rings. The molecule has 0 unspecified atom stereocenters. The van der Waals surface area contributed by atoms with E-state index in [0.717, 1.165) is 22.5 Å². The summed E-state index contributed by atoms with van der Waals surface area (Å²) in [6.45, 7) is 12.5. The molecule has 0 saturated heterocycles. The average Bonchev–Trinajstić information content (AvgIpc) is 3.41. The number of carbonyl (C=O) groups is 2. The molecule has 3 heteroatoms. The van der Waals surface area contributed by atoms with Crippen molar-refractivity contribution in [3.63, 3.8) is 0 Å². The summed E-state index contributed by atoms with van der Waals surface area (Å²) in [5.41, 5.74) is 2.29. The van der Waals surface area contributed by atoms with Crippen molar-refractivity contribution in [1.82, 2.24) is 0 Å². The third-order valence-electron chi connectivity index (χ3n) is 7.01. The number of methoxy groups -OCH3 is 1. The van der Waals surface area contributed by atoms with Crippen molar-refractivity contribution in [3.05, 3.63) is 89.0 Å². The van der Waals surface area contributed by atoms with E-state index in [1.54, 1.807) is 7.11 Å². The van der Waals surface area contributed by atoms with Crippen LogP contribution in [0.5, 0.6) is 5.75 Å². The summed E-state index contributed by atoms with van der Waals surface area (Å²) in [6, 6.07) is 17.6. The molecule has 0 radical (unpaired) electrons. The van der Waals surface area contributed by atoms with Gasteiger partial charge >= 0.3 is 0 Å². The lowest BCUT2D eigenvalue weighted by Gasteiger charge is -2.34. The average molecular weight is 443 g/mol. The fourth-order valence-electron chi connectivity index (χ4n) is 5.17. The number of ketones is 2. The van der Waals surface area contributed by atoms with E-state index >= 15 is 0 Å². The van der Waals surface area contributed by atoms with E-state index in [1.807, 2.05) is 42.5 Å². The quantitative estimate of drug-likeness (QED) is 0.489. The molecule has 0 aliphatic heterocycles. The van der Waals surface area contributed by atoms with Gasteiger partial charge in [-0.2, -0.15) is 0 Å². The second kappa shape index (κ2) is 7.83. The van der Waals surface area contributed by atoms with E-state index in [-0.39, 0.29) is 34.2 Å². The van der Waals surface area contributed by atoms with Gasteiger partial charge < -0.3 is 4.74 Å². The number of hydrogen-bond donors (Lipinski definition) is 0. The van der Waals surface area contributed by atoms with Crippen molar-refractivity contribution in [1.29, 1.82) is 0 Å². The summed E-state index contributed by atoms with van der Waals surface area (Å²) < 4.78 is 5.27. The normalized spacial score (nSPS) is 22.0. The van der Waals surface area contributed by atoms with Crippen LogP contribution in [0.1, 0.15) is 63.4 Å². The van der Waals surface area contributed by atoms with E-state index in [0.29, 0.717) is 5.56 Å². The minimum Gasteiger partial charge on any atom is -0.497 e. The molecule has 0 amide bonds. The van der Waals surface area contributed by atoms with Crippen LogP contribution in [0.25, 0.3) is 0 Å². The van der Waals surface area contributed by atoms with E-state index in [9.17, 15) is 9.59 Å². The Morgan fingerprint density at radius 2 is 1.33 bits per heavy atom. The van der Waals surface area contributed by atoms with Crippen molar-refractivity contribution >= 4 is 11.6 Å². The monoisotopic (exact) mass is 442 g/mol. The second-order valence-corrected chi connectivity index (χ2v) is 11.4. The molecule has 1 saturated carbocycles. The molecule has 2 aromatic rings. The van der Waals surface area contributed by atoms with Crippen molar-refractivity contribution in [2.45, 2.75) is 47.5 Å². The third-order valence-corrected chi connectivity index (χ3v) is 7.01. The molecule has 0 N–H and O–H groups in total. The van der Waals surface area contributed by atoms with Gasteiger partial charge in [0.2, 0.25) is 0 Å². The summed E-state index contributed by atoms with van der Waals surface area (Å²) in [5.74, 6) is 0.682. The summed E-state index contributed by atoms with van der Waals surface area (Å²) >= 11 is 0. The Labute approximate surface area is 197 Å². The summed E-state index contributed by atoms with van der Waals surface area (Å²) in [6.07, 6.45) is 4.24. The first kappa shape index (κ1) is 23.2. The van der Waals surface area contributed by atoms with E-state index in [1.165, 1.54) is 0 Å². The van der Waals surface area contributed by atoms with Crippen LogP contribution in [0.4, 0.5) is 0 Å². The van der Waals surface area contributed by atoms with Crippen LogP contribution in [-0.4, -0.2) is 18.7 Å². The zero-order chi connectivity index (χ0) is 24.2. The van der Waals surface area contributed by atoms with Crippen molar-refractivity contribution in [2.75, 3.05) is 7.11 Å². The van der Waals surface area contributed by atoms with Gasteiger partial charge in [-0.1, -0.05) is 84.0 Å². The molecule has 2 aliphatic rings. The van der Waals surface area contributed by atoms with Crippen LogP contribution in [-0.2, 0) is 4.79 Å². The van der Waals surface area contributed by atoms with Crippen LogP contribution in [0.3, 0.4) is 0 Å². The summed E-state index contributed by atoms with van der Waals surface area (Å²) in [5, 5.41) is 0. The number of hydrogen-bond acceptors (Lipinski definition) is 3. The van der Waals surface area contributed by atoms with Crippen LogP contribution in [0.2, 0.25) is 0 Å². The Morgan fingerprint density at radius 1 is 0.818 bits per heavy atom. The molecule has 2 aliphatic carbocycles. The Kier molecular flexibility index (Phi) is 5.51. The third kappa shape index (κ3) is 3.99. The first-order valence-corrected chi connectivity index (χ1v) is 11.6. The standard InChI is InChI=1S/C30H34O3/c1-28(2,3)22-17-30(18-23(27(22)32)29(4,5)6)24(19-11-9-8-10-12-19)25(30)26(31)20-13-15-21(33-7)16-14-20/h8-18,24-25H,1-7H3/t24-,25+/m1/s1. The lowest BCUT2D eigenvalue weighted by atomic mass is 9.69. The number of ether oxygens (including phenoxy) is 1. The SMILES string of the molecule is COc1ccc(C(=O)[C@@H]2[C@@H](c3ccccc3)C23C=C(C(C)(C)C)C(=O)C(C(C)(C)C)=C3)cc1. The largest absolute Gasteiger partial charge is 0.497 e. The van der Waals surface area contributed by atoms with E-state index in [4.69, 9.17) is 4.74 Å². The number of carbonyl (C=O) groups excluding carboxylic acids is 2. The van der Waals surface area contributed by atoms with Crippen molar-refractivity contribution < 1.29 is 14.3 Å². The summed E-state index contributed by atoms with van der Waals surface area (Å²) in [4.78, 5) is 27.4. The topological polar surface area (TPSA) is 43.4 Å². The highest BCUT2D eigenvalue weighted by Gasteiger charge is 2.67. The van der Waals surface area contributed by atoms with Gasteiger partial charge in [-0.15, -0.1) is 0 Å². The Bertz CT molecular complexity index is 1100. The highest BCUT2D eigenvalue weighted by Crippen LogP contribution is 2.70. The molecule has 2 aromatic carbocycles. The minimum atomic E-state index is -0.502. The van der Waals surface area contributed by atoms with E-state index < -0.39 is 5.41 Å². The predicted molar refractivity (Wildman–Crippen MR) is 133 cm³/mol. The van der Waals surface area contributed by atoms with Crippen molar-refractivity contribution in [3.8, 4) is 5.75 Å². The number of rotatable bonds is 4. The molecule has 4 rings (SSSR count). The highest BCUT2D eigenvalue weighted by atomic mass is 16.5. The van der Waals surface area contributed by atoms with Gasteiger partial charge in [0.1, 0.15) is 5.75 Å². The second-order valence-electron chi connectivity index (χ2n) is 11.4. The van der Waals surface area contributed by atoms with Crippen LogP contribution < -0.4 is 4.74 Å². The Balaban J connectivity index is 1.89. The molecule has 0 bridgehead atoms. The first-order valence-electron chi connectivity index (χ1n) is 11.6. The van der Waals surface area contributed by atoms with Gasteiger partial charge in [0, 0.05) is 34.0 Å². The Hall–Kier alpha value is -2.94. The smallest absolute Gasteiger partial charge is 0.185 e. The molecule has 172 valence electrons. The number of allylic oxidation sites excluding steroid dienone is 4. The maximum atomic E-state index is 13.9. The Morgan fingerprint density at radius 3 is 1.79 bits per heavy atom. The van der Waals surface area contributed by atoms with Gasteiger partial charge in [0.15, 0.2) is 11.6 Å². The van der Waals surface area contributed by atoms with E-state index in [2.05, 4.69) is 65.8 Å². The van der Waals surface area contributed by atoms with Gasteiger partial charge in [0.25, 0.3) is 0 Å². The van der Waals surface area contributed by atoms with Crippen LogP contribution >= 0.6 is 0 Å². The zero-order valence-corrected chi connectivity index (χ0v) is 20.7. The van der Waals surface area contributed by atoms with Crippen LogP contribution in [0.15, 0.2) is 77.9 Å². The molecule has 0 aromatic heterocycles.